The van der Waals surface area contributed by atoms with Crippen LogP contribution in [0.1, 0.15) is 19.3 Å². The van der Waals surface area contributed by atoms with E-state index in [4.69, 9.17) is 31.9 Å². The third-order valence-electron chi connectivity index (χ3n) is 3.58. The Bertz CT molecular complexity index is 741. The van der Waals surface area contributed by atoms with Gasteiger partial charge < -0.3 is 47.8 Å². The molecule has 0 aliphatic heterocycles. The number of carboxylic acid groups (broad SMARTS) is 3. The molecule has 0 radical (unpaired) electrons. The van der Waals surface area contributed by atoms with Gasteiger partial charge in [-0.3, -0.25) is 28.8 Å². The van der Waals surface area contributed by atoms with Gasteiger partial charge in [-0.2, -0.15) is 0 Å². The number of hydrogen-bond donors (Lipinski definition) is 9. The lowest BCUT2D eigenvalue weighted by Crippen LogP contribution is -2.58. The summed E-state index contributed by atoms with van der Waals surface area (Å²) in [6.45, 7) is -1.03. The van der Waals surface area contributed by atoms with Crippen molar-refractivity contribution >= 4 is 41.5 Å². The molecule has 0 fully saturated rings. The molecular weight excluding hydrogens is 426 g/mol. The second-order valence-electron chi connectivity index (χ2n) is 6.18. The van der Waals surface area contributed by atoms with Gasteiger partial charge in [0.25, 0.3) is 0 Å². The first-order valence-electron chi connectivity index (χ1n) is 8.50. The number of amides is 4. The van der Waals surface area contributed by atoms with Crippen LogP contribution in [0.25, 0.3) is 0 Å². The smallest absolute Gasteiger partial charge is 0.328 e. The van der Waals surface area contributed by atoms with Gasteiger partial charge in [-0.05, 0) is 0 Å². The molecule has 0 rings (SSSR count). The Balaban J connectivity index is 5.47. The standard InChI is InChI=1S/C15H23N5O11/c16-5(1-10(23)24)12(27)18-6(2-9(17)22)13(28)19-7(3-11(25)26)14(29)20-8(4-21)15(30)31/h5-8,21H,1-4,16H2,(H2,17,22)(H,18,27)(H,19,28)(H,20,29)(H,23,24)(H,25,26)(H,30,31). The Hall–Kier alpha value is -3.79. The Labute approximate surface area is 173 Å². The molecule has 4 atom stereocenters. The quantitative estimate of drug-likeness (QED) is 0.120. The Morgan fingerprint density at radius 2 is 1.10 bits per heavy atom. The van der Waals surface area contributed by atoms with E-state index >= 15 is 0 Å². The first-order valence-corrected chi connectivity index (χ1v) is 8.50. The summed E-state index contributed by atoms with van der Waals surface area (Å²) in [6, 6.07) is -7.00. The van der Waals surface area contributed by atoms with Gasteiger partial charge in [0.05, 0.1) is 31.9 Å². The van der Waals surface area contributed by atoms with Gasteiger partial charge >= 0.3 is 17.9 Å². The van der Waals surface area contributed by atoms with Crippen molar-refractivity contribution in [3.8, 4) is 0 Å². The number of carbonyl (C=O) groups excluding carboxylic acids is 4. The molecule has 174 valence electrons. The number of aliphatic hydroxyl groups is 1. The van der Waals surface area contributed by atoms with Crippen molar-refractivity contribution in [2.45, 2.75) is 43.4 Å². The molecule has 0 heterocycles. The fourth-order valence-electron chi connectivity index (χ4n) is 2.08. The van der Waals surface area contributed by atoms with Crippen LogP contribution in [0.4, 0.5) is 0 Å². The first kappa shape index (κ1) is 27.2. The van der Waals surface area contributed by atoms with Crippen molar-refractivity contribution in [2.75, 3.05) is 6.61 Å². The monoisotopic (exact) mass is 449 g/mol. The molecule has 0 spiro atoms. The Kier molecular flexibility index (Phi) is 11.2. The predicted molar refractivity (Wildman–Crippen MR) is 96.8 cm³/mol. The molecular formula is C15H23N5O11. The van der Waals surface area contributed by atoms with E-state index in [1.807, 2.05) is 10.6 Å². The molecule has 16 nitrogen and oxygen atoms in total. The number of nitrogens with two attached hydrogens (primary N) is 2. The highest BCUT2D eigenvalue weighted by Gasteiger charge is 2.32. The molecule has 0 aromatic carbocycles. The maximum absolute atomic E-state index is 12.4. The third-order valence-corrected chi connectivity index (χ3v) is 3.58. The zero-order valence-corrected chi connectivity index (χ0v) is 15.9. The number of carbonyl (C=O) groups is 7. The van der Waals surface area contributed by atoms with Gasteiger partial charge in [-0.1, -0.05) is 0 Å². The third kappa shape index (κ3) is 10.5. The van der Waals surface area contributed by atoms with Crippen molar-refractivity contribution in [3.63, 3.8) is 0 Å². The van der Waals surface area contributed by atoms with E-state index in [2.05, 4.69) is 0 Å². The molecule has 0 saturated carbocycles. The SMILES string of the molecule is NC(=O)CC(NC(=O)C(N)CC(=O)O)C(=O)NC(CC(=O)O)C(=O)NC(CO)C(=O)O. The molecule has 0 aromatic rings. The maximum atomic E-state index is 12.4. The van der Waals surface area contributed by atoms with E-state index < -0.39 is 91.6 Å². The zero-order chi connectivity index (χ0) is 24.3. The summed E-state index contributed by atoms with van der Waals surface area (Å²) in [5.41, 5.74) is 10.3. The minimum absolute atomic E-state index is 0.807. The lowest BCUT2D eigenvalue weighted by molar-refractivity contribution is -0.144. The fourth-order valence-corrected chi connectivity index (χ4v) is 2.08. The van der Waals surface area contributed by atoms with Crippen LogP contribution in [0.2, 0.25) is 0 Å². The number of nitrogens with one attached hydrogen (secondary N) is 3. The minimum atomic E-state index is -1.86. The Morgan fingerprint density at radius 1 is 0.677 bits per heavy atom. The molecule has 16 heteroatoms. The molecule has 11 N–H and O–H groups in total. The van der Waals surface area contributed by atoms with E-state index in [1.54, 1.807) is 5.32 Å². The van der Waals surface area contributed by atoms with Crippen LogP contribution >= 0.6 is 0 Å². The number of carboxylic acids is 3. The molecule has 0 bridgehead atoms. The van der Waals surface area contributed by atoms with Gasteiger partial charge in [0.1, 0.15) is 18.1 Å². The molecule has 4 unspecified atom stereocenters. The van der Waals surface area contributed by atoms with E-state index in [1.165, 1.54) is 0 Å². The molecule has 0 saturated heterocycles. The largest absolute Gasteiger partial charge is 0.481 e. The lowest BCUT2D eigenvalue weighted by Gasteiger charge is -2.23. The van der Waals surface area contributed by atoms with Crippen molar-refractivity contribution in [1.29, 1.82) is 0 Å². The van der Waals surface area contributed by atoms with Gasteiger partial charge in [0.15, 0.2) is 0 Å². The first-order chi connectivity index (χ1) is 14.3. The summed E-state index contributed by atoms with van der Waals surface area (Å²) >= 11 is 0. The second-order valence-corrected chi connectivity index (χ2v) is 6.18. The van der Waals surface area contributed by atoms with Crippen LogP contribution in [0.3, 0.4) is 0 Å². The maximum Gasteiger partial charge on any atom is 0.328 e. The summed E-state index contributed by atoms with van der Waals surface area (Å²) in [5.74, 6) is -9.41. The Morgan fingerprint density at radius 3 is 1.48 bits per heavy atom. The van der Waals surface area contributed by atoms with E-state index in [9.17, 15) is 33.6 Å². The van der Waals surface area contributed by atoms with E-state index in [0.717, 1.165) is 0 Å². The summed E-state index contributed by atoms with van der Waals surface area (Å²) in [4.78, 5) is 80.2. The average Bonchev–Trinajstić information content (AvgIpc) is 2.62. The van der Waals surface area contributed by atoms with Crippen molar-refractivity contribution in [1.82, 2.24) is 16.0 Å². The summed E-state index contributed by atoms with van der Waals surface area (Å²) in [5, 5.41) is 41.0. The number of aliphatic hydroxyl groups excluding tert-OH is 1. The van der Waals surface area contributed by atoms with Crippen LogP contribution in [0, 0.1) is 0 Å². The van der Waals surface area contributed by atoms with Gasteiger partial charge in [0.2, 0.25) is 23.6 Å². The minimum Gasteiger partial charge on any atom is -0.481 e. The lowest BCUT2D eigenvalue weighted by atomic mass is 10.1. The van der Waals surface area contributed by atoms with Crippen molar-refractivity contribution < 1.29 is 54.0 Å². The van der Waals surface area contributed by atoms with Gasteiger partial charge in [-0.25, -0.2) is 4.79 Å². The van der Waals surface area contributed by atoms with Crippen LogP contribution in [-0.2, 0) is 33.6 Å². The fraction of sp³-hybridized carbons (Fsp3) is 0.533. The van der Waals surface area contributed by atoms with Gasteiger partial charge in [0, 0.05) is 0 Å². The van der Waals surface area contributed by atoms with Crippen molar-refractivity contribution in [2.24, 2.45) is 11.5 Å². The number of aliphatic carboxylic acids is 3. The van der Waals surface area contributed by atoms with Crippen LogP contribution in [0.5, 0.6) is 0 Å². The molecule has 31 heavy (non-hydrogen) atoms. The highest BCUT2D eigenvalue weighted by molar-refractivity contribution is 5.97. The molecule has 0 aliphatic rings. The predicted octanol–water partition coefficient (Wildman–Crippen LogP) is -5.33. The topological polar surface area (TPSA) is 289 Å². The second kappa shape index (κ2) is 12.7. The number of hydrogen-bond acceptors (Lipinski definition) is 9. The average molecular weight is 449 g/mol. The van der Waals surface area contributed by atoms with Gasteiger partial charge in [-0.15, -0.1) is 0 Å². The highest BCUT2D eigenvalue weighted by atomic mass is 16.4. The van der Waals surface area contributed by atoms with Crippen molar-refractivity contribution in [3.05, 3.63) is 0 Å². The van der Waals surface area contributed by atoms with Crippen LogP contribution in [0.15, 0.2) is 0 Å². The summed E-state index contributed by atoms with van der Waals surface area (Å²) in [6.07, 6.45) is -2.64. The molecule has 4 amide bonds. The van der Waals surface area contributed by atoms with E-state index in [-0.39, 0.29) is 0 Å². The highest BCUT2D eigenvalue weighted by Crippen LogP contribution is 2.01. The summed E-state index contributed by atoms with van der Waals surface area (Å²) in [7, 11) is 0. The summed E-state index contributed by atoms with van der Waals surface area (Å²) < 4.78 is 0. The number of rotatable bonds is 14. The van der Waals surface area contributed by atoms with E-state index in [0.29, 0.717) is 0 Å². The van der Waals surface area contributed by atoms with Crippen LogP contribution in [-0.4, -0.2) is 92.7 Å². The van der Waals surface area contributed by atoms with Crippen LogP contribution < -0.4 is 27.4 Å². The molecule has 0 aliphatic carbocycles. The zero-order valence-electron chi connectivity index (χ0n) is 15.9. The molecule has 0 aromatic heterocycles. The normalized spacial score (nSPS) is 14.3. The number of primary amides is 1.